The van der Waals surface area contributed by atoms with Crippen LogP contribution < -0.4 is 5.56 Å². The van der Waals surface area contributed by atoms with E-state index in [9.17, 15) is 4.79 Å². The molecule has 0 radical (unpaired) electrons. The molecule has 4 aromatic rings. The average molecular weight is 302 g/mol. The molecule has 0 saturated heterocycles. The van der Waals surface area contributed by atoms with Crippen molar-refractivity contribution in [3.63, 3.8) is 0 Å². The Morgan fingerprint density at radius 3 is 2.83 bits per heavy atom. The highest BCUT2D eigenvalue weighted by atomic mass is 16.1. The Morgan fingerprint density at radius 1 is 1.17 bits per heavy atom. The molecule has 0 aliphatic rings. The van der Waals surface area contributed by atoms with Crippen molar-refractivity contribution in [3.8, 4) is 11.3 Å². The van der Waals surface area contributed by atoms with Gasteiger partial charge < -0.3 is 0 Å². The summed E-state index contributed by atoms with van der Waals surface area (Å²) in [6.45, 7) is 3.74. The molecule has 0 saturated carbocycles. The van der Waals surface area contributed by atoms with Crippen LogP contribution in [-0.4, -0.2) is 19.2 Å². The van der Waals surface area contributed by atoms with Crippen LogP contribution in [0.4, 0.5) is 0 Å². The lowest BCUT2D eigenvalue weighted by Gasteiger charge is -2.05. The second-order valence-corrected chi connectivity index (χ2v) is 5.35. The van der Waals surface area contributed by atoms with Crippen LogP contribution in [0.1, 0.15) is 5.69 Å². The minimum absolute atomic E-state index is 0.0268. The maximum atomic E-state index is 12.5. The Hall–Kier alpha value is -3.21. The number of nitrogens with zero attached hydrogens (tertiary/aromatic N) is 4. The second-order valence-electron chi connectivity index (χ2n) is 5.35. The number of aryl methyl sites for hydroxylation is 1. The van der Waals surface area contributed by atoms with Crippen molar-refractivity contribution >= 4 is 22.6 Å². The van der Waals surface area contributed by atoms with Crippen LogP contribution in [-0.2, 0) is 7.05 Å². The van der Waals surface area contributed by atoms with Crippen LogP contribution in [0.5, 0.6) is 0 Å². The van der Waals surface area contributed by atoms with Gasteiger partial charge in [0.15, 0.2) is 0 Å². The molecule has 0 atom stereocenters. The van der Waals surface area contributed by atoms with Gasteiger partial charge in [-0.15, -0.1) is 0 Å². The highest BCUT2D eigenvalue weighted by Gasteiger charge is 2.12. The molecular weight excluding hydrogens is 288 g/mol. The van der Waals surface area contributed by atoms with Gasteiger partial charge in [0, 0.05) is 24.9 Å². The highest BCUT2D eigenvalue weighted by molar-refractivity contribution is 5.81. The topological polar surface area (TPSA) is 52.2 Å². The largest absolute Gasteiger partial charge is 0.296 e. The quantitative estimate of drug-likeness (QED) is 0.572. The SMILES string of the molecule is C=Cc1cc(-c2cc3n(C)c(=O)c4ccccc4n3n2)ccn1. The van der Waals surface area contributed by atoms with E-state index in [1.807, 2.05) is 42.5 Å². The summed E-state index contributed by atoms with van der Waals surface area (Å²) in [7, 11) is 1.76. The second kappa shape index (κ2) is 4.91. The lowest BCUT2D eigenvalue weighted by atomic mass is 10.1. The summed E-state index contributed by atoms with van der Waals surface area (Å²) in [5.41, 5.74) is 4.05. The van der Waals surface area contributed by atoms with Crippen molar-refractivity contribution in [2.45, 2.75) is 0 Å². The van der Waals surface area contributed by atoms with Crippen LogP contribution in [0.3, 0.4) is 0 Å². The number of aromatic nitrogens is 4. The van der Waals surface area contributed by atoms with Crippen molar-refractivity contribution in [1.82, 2.24) is 19.2 Å². The number of para-hydroxylation sites is 1. The number of benzene rings is 1. The number of fused-ring (bicyclic) bond motifs is 3. The van der Waals surface area contributed by atoms with E-state index in [2.05, 4.69) is 16.7 Å². The van der Waals surface area contributed by atoms with E-state index in [0.29, 0.717) is 5.39 Å². The first kappa shape index (κ1) is 13.5. The van der Waals surface area contributed by atoms with Gasteiger partial charge in [-0.25, -0.2) is 4.52 Å². The fourth-order valence-electron chi connectivity index (χ4n) is 2.77. The van der Waals surface area contributed by atoms with Gasteiger partial charge in [-0.05, 0) is 30.3 Å². The molecule has 3 heterocycles. The molecule has 3 aromatic heterocycles. The summed E-state index contributed by atoms with van der Waals surface area (Å²) < 4.78 is 3.43. The minimum atomic E-state index is -0.0268. The predicted octanol–water partition coefficient (Wildman–Crippen LogP) is 2.89. The van der Waals surface area contributed by atoms with Crippen LogP contribution >= 0.6 is 0 Å². The van der Waals surface area contributed by atoms with Gasteiger partial charge in [-0.1, -0.05) is 18.7 Å². The Labute approximate surface area is 132 Å². The van der Waals surface area contributed by atoms with Crippen molar-refractivity contribution < 1.29 is 0 Å². The zero-order valence-electron chi connectivity index (χ0n) is 12.6. The van der Waals surface area contributed by atoms with Crippen molar-refractivity contribution in [1.29, 1.82) is 0 Å². The standard InChI is InChI=1S/C18H14N4O/c1-3-13-10-12(8-9-19-13)15-11-17-21(2)18(23)14-6-4-5-7-16(14)22(17)20-15/h3-11H,1H2,2H3. The maximum Gasteiger partial charge on any atom is 0.261 e. The summed E-state index contributed by atoms with van der Waals surface area (Å²) in [5.74, 6) is 0. The number of pyridine rings is 1. The molecule has 112 valence electrons. The zero-order chi connectivity index (χ0) is 16.0. The molecule has 23 heavy (non-hydrogen) atoms. The van der Waals surface area contributed by atoms with E-state index >= 15 is 0 Å². The summed E-state index contributed by atoms with van der Waals surface area (Å²) in [5, 5.41) is 5.33. The van der Waals surface area contributed by atoms with Crippen LogP contribution in [0, 0.1) is 0 Å². The van der Waals surface area contributed by atoms with E-state index in [4.69, 9.17) is 0 Å². The molecule has 0 spiro atoms. The van der Waals surface area contributed by atoms with Crippen molar-refractivity contribution in [2.24, 2.45) is 7.05 Å². The van der Waals surface area contributed by atoms with E-state index in [1.165, 1.54) is 0 Å². The molecule has 5 nitrogen and oxygen atoms in total. The summed E-state index contributed by atoms with van der Waals surface area (Å²) in [4.78, 5) is 16.7. The Kier molecular flexibility index (Phi) is 2.87. The van der Waals surface area contributed by atoms with Gasteiger partial charge in [-0.2, -0.15) is 5.10 Å². The smallest absolute Gasteiger partial charge is 0.261 e. The van der Waals surface area contributed by atoms with Gasteiger partial charge >= 0.3 is 0 Å². The monoisotopic (exact) mass is 302 g/mol. The van der Waals surface area contributed by atoms with Crippen molar-refractivity contribution in [3.05, 3.63) is 71.3 Å². The van der Waals surface area contributed by atoms with Crippen LogP contribution in [0.15, 0.2) is 60.0 Å². The average Bonchev–Trinajstić information content (AvgIpc) is 3.05. The first-order valence-corrected chi connectivity index (χ1v) is 7.25. The lowest BCUT2D eigenvalue weighted by Crippen LogP contribution is -2.19. The molecule has 0 unspecified atom stereocenters. The molecule has 0 bridgehead atoms. The molecule has 0 fully saturated rings. The first-order chi connectivity index (χ1) is 11.2. The summed E-state index contributed by atoms with van der Waals surface area (Å²) in [6, 6.07) is 13.2. The number of hydrogen-bond acceptors (Lipinski definition) is 3. The Bertz CT molecular complexity index is 1120. The van der Waals surface area contributed by atoms with Gasteiger partial charge in [0.05, 0.1) is 22.3 Å². The van der Waals surface area contributed by atoms with Crippen LogP contribution in [0.25, 0.3) is 33.9 Å². The van der Waals surface area contributed by atoms with E-state index in [1.54, 1.807) is 28.4 Å². The van der Waals surface area contributed by atoms with E-state index < -0.39 is 0 Å². The van der Waals surface area contributed by atoms with E-state index in [0.717, 1.165) is 28.1 Å². The van der Waals surface area contributed by atoms with E-state index in [-0.39, 0.29) is 5.56 Å². The lowest BCUT2D eigenvalue weighted by molar-refractivity contribution is 0.850. The Balaban J connectivity index is 2.08. The molecule has 4 rings (SSSR count). The number of rotatable bonds is 2. The van der Waals surface area contributed by atoms with Crippen LogP contribution in [0.2, 0.25) is 0 Å². The van der Waals surface area contributed by atoms with Gasteiger partial charge in [-0.3, -0.25) is 14.3 Å². The van der Waals surface area contributed by atoms with Crippen molar-refractivity contribution in [2.75, 3.05) is 0 Å². The van der Waals surface area contributed by atoms with Gasteiger partial charge in [0.1, 0.15) is 5.65 Å². The fourth-order valence-corrected chi connectivity index (χ4v) is 2.77. The molecule has 5 heteroatoms. The molecule has 0 N–H and O–H groups in total. The molecule has 0 amide bonds. The molecule has 0 aliphatic heterocycles. The minimum Gasteiger partial charge on any atom is -0.296 e. The number of hydrogen-bond donors (Lipinski definition) is 0. The Morgan fingerprint density at radius 2 is 2.00 bits per heavy atom. The molecule has 1 aromatic carbocycles. The molecular formula is C18H14N4O. The fraction of sp³-hybridized carbons (Fsp3) is 0.0556. The third-order valence-electron chi connectivity index (χ3n) is 3.99. The zero-order valence-corrected chi connectivity index (χ0v) is 12.6. The first-order valence-electron chi connectivity index (χ1n) is 7.25. The normalized spacial score (nSPS) is 11.2. The van der Waals surface area contributed by atoms with Gasteiger partial charge in [0.2, 0.25) is 0 Å². The maximum absolute atomic E-state index is 12.5. The third kappa shape index (κ3) is 1.97. The summed E-state index contributed by atoms with van der Waals surface area (Å²) >= 11 is 0. The molecule has 0 aliphatic carbocycles. The summed E-state index contributed by atoms with van der Waals surface area (Å²) in [6.07, 6.45) is 3.43. The highest BCUT2D eigenvalue weighted by Crippen LogP contribution is 2.22. The predicted molar refractivity (Wildman–Crippen MR) is 91.3 cm³/mol. The van der Waals surface area contributed by atoms with Gasteiger partial charge in [0.25, 0.3) is 5.56 Å². The third-order valence-corrected chi connectivity index (χ3v) is 3.99.